The molecule has 0 radical (unpaired) electrons. The first-order valence-corrected chi connectivity index (χ1v) is 5.93. The molecule has 0 aliphatic rings. The molecule has 0 amide bonds. The van der Waals surface area contributed by atoms with Crippen molar-refractivity contribution < 1.29 is 9.90 Å². The van der Waals surface area contributed by atoms with E-state index >= 15 is 0 Å². The fraction of sp³-hybridized carbons (Fsp3) is 0.917. The van der Waals surface area contributed by atoms with Gasteiger partial charge in [0.15, 0.2) is 0 Å². The van der Waals surface area contributed by atoms with Crippen molar-refractivity contribution in [2.75, 3.05) is 6.54 Å². The third-order valence-corrected chi connectivity index (χ3v) is 2.46. The summed E-state index contributed by atoms with van der Waals surface area (Å²) in [6.07, 6.45) is 2.76. The van der Waals surface area contributed by atoms with Crippen LogP contribution < -0.4 is 5.32 Å². The van der Waals surface area contributed by atoms with Crippen molar-refractivity contribution in [1.29, 1.82) is 0 Å². The minimum atomic E-state index is -0.728. The predicted molar refractivity (Wildman–Crippen MR) is 63.0 cm³/mol. The minimum absolute atomic E-state index is 0.371. The molecule has 0 fully saturated rings. The first kappa shape index (κ1) is 14.4. The van der Waals surface area contributed by atoms with Crippen LogP contribution in [0.4, 0.5) is 0 Å². The molecule has 3 nitrogen and oxygen atoms in total. The number of carbonyl (C=O) groups is 1. The van der Waals surface area contributed by atoms with E-state index in [2.05, 4.69) is 26.1 Å². The zero-order valence-electron chi connectivity index (χ0n) is 10.4. The molecule has 0 spiro atoms. The van der Waals surface area contributed by atoms with Crippen molar-refractivity contribution in [2.24, 2.45) is 11.8 Å². The lowest BCUT2D eigenvalue weighted by Gasteiger charge is -2.18. The summed E-state index contributed by atoms with van der Waals surface area (Å²) in [5, 5.41) is 12.1. The average molecular weight is 215 g/mol. The maximum absolute atomic E-state index is 10.9. The van der Waals surface area contributed by atoms with Gasteiger partial charge in [-0.3, -0.25) is 4.79 Å². The van der Waals surface area contributed by atoms with E-state index in [4.69, 9.17) is 5.11 Å². The van der Waals surface area contributed by atoms with Gasteiger partial charge in [0.05, 0.1) is 0 Å². The Kier molecular flexibility index (Phi) is 7.39. The highest BCUT2D eigenvalue weighted by Gasteiger charge is 2.16. The highest BCUT2D eigenvalue weighted by Crippen LogP contribution is 2.10. The molecule has 0 aliphatic heterocycles. The highest BCUT2D eigenvalue weighted by atomic mass is 16.4. The summed E-state index contributed by atoms with van der Waals surface area (Å²) in [4.78, 5) is 10.9. The monoisotopic (exact) mass is 215 g/mol. The molecule has 0 aromatic carbocycles. The first-order valence-electron chi connectivity index (χ1n) is 5.93. The van der Waals surface area contributed by atoms with Gasteiger partial charge in [-0.05, 0) is 31.2 Å². The number of aliphatic carboxylic acids is 1. The van der Waals surface area contributed by atoms with E-state index in [-0.39, 0.29) is 6.04 Å². The van der Waals surface area contributed by atoms with Crippen molar-refractivity contribution in [3.8, 4) is 0 Å². The molecule has 2 atom stereocenters. The van der Waals surface area contributed by atoms with Crippen LogP contribution in [0.25, 0.3) is 0 Å². The zero-order valence-corrected chi connectivity index (χ0v) is 10.4. The summed E-state index contributed by atoms with van der Waals surface area (Å²) in [5.74, 6) is 0.494. The average Bonchev–Trinajstić information content (AvgIpc) is 2.10. The lowest BCUT2D eigenvalue weighted by Crippen LogP contribution is -2.39. The maximum atomic E-state index is 10.9. The Bertz CT molecular complexity index is 180. The van der Waals surface area contributed by atoms with Crippen LogP contribution in [-0.4, -0.2) is 23.7 Å². The molecule has 2 unspecified atom stereocenters. The summed E-state index contributed by atoms with van der Waals surface area (Å²) in [5.41, 5.74) is 0. The number of carboxylic acid groups (broad SMARTS) is 1. The Labute approximate surface area is 93.3 Å². The molecule has 15 heavy (non-hydrogen) atoms. The number of hydrogen-bond donors (Lipinski definition) is 2. The predicted octanol–water partition coefficient (Wildman–Crippen LogP) is 2.51. The number of hydrogen-bond acceptors (Lipinski definition) is 2. The van der Waals surface area contributed by atoms with Crippen molar-refractivity contribution in [3.63, 3.8) is 0 Å². The normalized spacial score (nSPS) is 15.3. The van der Waals surface area contributed by atoms with Gasteiger partial charge in [0, 0.05) is 0 Å². The zero-order chi connectivity index (χ0) is 11.8. The molecule has 0 saturated heterocycles. The number of rotatable bonds is 8. The van der Waals surface area contributed by atoms with E-state index in [1.807, 2.05) is 6.92 Å². The topological polar surface area (TPSA) is 49.3 Å². The quantitative estimate of drug-likeness (QED) is 0.654. The van der Waals surface area contributed by atoms with Gasteiger partial charge in [0.25, 0.3) is 0 Å². The largest absolute Gasteiger partial charge is 0.480 e. The lowest BCUT2D eigenvalue weighted by atomic mass is 9.98. The molecule has 0 aliphatic carbocycles. The molecule has 0 rings (SSSR count). The van der Waals surface area contributed by atoms with Gasteiger partial charge in [-0.1, -0.05) is 34.1 Å². The molecule has 0 heterocycles. The summed E-state index contributed by atoms with van der Waals surface area (Å²) >= 11 is 0. The molecule has 0 bridgehead atoms. The van der Waals surface area contributed by atoms with E-state index in [1.54, 1.807) is 0 Å². The van der Waals surface area contributed by atoms with Crippen LogP contribution >= 0.6 is 0 Å². The van der Waals surface area contributed by atoms with Crippen LogP contribution in [-0.2, 0) is 4.79 Å². The molecule has 2 N–H and O–H groups in total. The fourth-order valence-corrected chi connectivity index (χ4v) is 1.83. The minimum Gasteiger partial charge on any atom is -0.480 e. The van der Waals surface area contributed by atoms with E-state index in [0.717, 1.165) is 19.4 Å². The van der Waals surface area contributed by atoms with Crippen molar-refractivity contribution in [3.05, 3.63) is 0 Å². The van der Waals surface area contributed by atoms with Crippen LogP contribution in [0.15, 0.2) is 0 Å². The third kappa shape index (κ3) is 7.37. The second-order valence-corrected chi connectivity index (χ2v) is 4.82. The van der Waals surface area contributed by atoms with Gasteiger partial charge < -0.3 is 10.4 Å². The lowest BCUT2D eigenvalue weighted by molar-refractivity contribution is -0.139. The van der Waals surface area contributed by atoms with Crippen LogP contribution in [0.5, 0.6) is 0 Å². The van der Waals surface area contributed by atoms with Gasteiger partial charge >= 0.3 is 5.97 Å². The van der Waals surface area contributed by atoms with Gasteiger partial charge in [-0.15, -0.1) is 0 Å². The van der Waals surface area contributed by atoms with Crippen LogP contribution in [0.3, 0.4) is 0 Å². The summed E-state index contributed by atoms with van der Waals surface area (Å²) in [6, 6.07) is -0.371. The van der Waals surface area contributed by atoms with Crippen LogP contribution in [0.1, 0.15) is 47.0 Å². The van der Waals surface area contributed by atoms with E-state index < -0.39 is 5.97 Å². The Morgan fingerprint density at radius 1 is 1.33 bits per heavy atom. The third-order valence-electron chi connectivity index (χ3n) is 2.46. The standard InChI is InChI=1S/C12H25NO2/c1-5-6-11(12(14)15)13-8-10(4)7-9(2)3/h9-11,13H,5-8H2,1-4H3,(H,14,15). The van der Waals surface area contributed by atoms with E-state index in [0.29, 0.717) is 18.3 Å². The van der Waals surface area contributed by atoms with Gasteiger partial charge in [-0.25, -0.2) is 0 Å². The Morgan fingerprint density at radius 2 is 1.93 bits per heavy atom. The second-order valence-electron chi connectivity index (χ2n) is 4.82. The number of carboxylic acids is 1. The Morgan fingerprint density at radius 3 is 2.33 bits per heavy atom. The second kappa shape index (κ2) is 7.69. The van der Waals surface area contributed by atoms with Crippen molar-refractivity contribution >= 4 is 5.97 Å². The summed E-state index contributed by atoms with van der Waals surface area (Å²) in [7, 11) is 0. The van der Waals surface area contributed by atoms with E-state index in [1.165, 1.54) is 0 Å². The van der Waals surface area contributed by atoms with Crippen molar-refractivity contribution in [2.45, 2.75) is 53.0 Å². The summed E-state index contributed by atoms with van der Waals surface area (Å²) < 4.78 is 0. The van der Waals surface area contributed by atoms with Gasteiger partial charge in [0.1, 0.15) is 6.04 Å². The maximum Gasteiger partial charge on any atom is 0.320 e. The van der Waals surface area contributed by atoms with Gasteiger partial charge in [-0.2, -0.15) is 0 Å². The Hall–Kier alpha value is -0.570. The highest BCUT2D eigenvalue weighted by molar-refractivity contribution is 5.73. The van der Waals surface area contributed by atoms with Crippen LogP contribution in [0, 0.1) is 11.8 Å². The molecule has 90 valence electrons. The Balaban J connectivity index is 3.83. The molecular formula is C12H25NO2. The van der Waals surface area contributed by atoms with Crippen molar-refractivity contribution in [1.82, 2.24) is 5.32 Å². The molecule has 0 aromatic rings. The molecule has 0 aromatic heterocycles. The summed E-state index contributed by atoms with van der Waals surface area (Å²) in [6.45, 7) is 9.36. The molecular weight excluding hydrogens is 190 g/mol. The van der Waals surface area contributed by atoms with E-state index in [9.17, 15) is 4.79 Å². The first-order chi connectivity index (χ1) is 6.97. The molecule has 0 saturated carbocycles. The smallest absolute Gasteiger partial charge is 0.320 e. The fourth-order valence-electron chi connectivity index (χ4n) is 1.83. The number of nitrogens with one attached hydrogen (secondary N) is 1. The SMILES string of the molecule is CCCC(NCC(C)CC(C)C)C(=O)O. The molecule has 3 heteroatoms. The van der Waals surface area contributed by atoms with Gasteiger partial charge in [0.2, 0.25) is 0 Å². The van der Waals surface area contributed by atoms with Crippen LogP contribution in [0.2, 0.25) is 0 Å².